The van der Waals surface area contributed by atoms with Gasteiger partial charge in [-0.3, -0.25) is 4.90 Å². The van der Waals surface area contributed by atoms with Crippen LogP contribution in [-0.2, 0) is 13.5 Å². The van der Waals surface area contributed by atoms with Crippen molar-refractivity contribution in [2.24, 2.45) is 7.05 Å². The molecule has 2 aromatic carbocycles. The van der Waals surface area contributed by atoms with E-state index in [1.54, 1.807) is 6.33 Å². The van der Waals surface area contributed by atoms with E-state index in [1.165, 1.54) is 11.1 Å². The highest BCUT2D eigenvalue weighted by Gasteiger charge is 2.25. The van der Waals surface area contributed by atoms with Gasteiger partial charge in [-0.1, -0.05) is 24.3 Å². The van der Waals surface area contributed by atoms with Crippen LogP contribution in [0.4, 0.5) is 16.2 Å². The summed E-state index contributed by atoms with van der Waals surface area (Å²) in [6.07, 6.45) is 4.50. The largest absolute Gasteiger partial charge is 0.334 e. The Morgan fingerprint density at radius 2 is 2.04 bits per heavy atom. The average Bonchev–Trinajstić information content (AvgIpc) is 3.22. The SMILES string of the molecule is Cc1cccc2c1CCN2C(=O)Nc1cccc(-c2cncn2C)c1. The van der Waals surface area contributed by atoms with Gasteiger partial charge in [-0.2, -0.15) is 0 Å². The number of nitrogens with one attached hydrogen (secondary N) is 1. The van der Waals surface area contributed by atoms with Gasteiger partial charge in [0, 0.05) is 30.5 Å². The summed E-state index contributed by atoms with van der Waals surface area (Å²) in [6, 6.07) is 13.9. The zero-order valence-corrected chi connectivity index (χ0v) is 14.4. The first-order valence-electron chi connectivity index (χ1n) is 8.37. The predicted octanol–water partition coefficient (Wildman–Crippen LogP) is 3.99. The van der Waals surface area contributed by atoms with Crippen LogP contribution in [0.3, 0.4) is 0 Å². The van der Waals surface area contributed by atoms with Gasteiger partial charge in [0.15, 0.2) is 0 Å². The molecule has 25 heavy (non-hydrogen) atoms. The molecule has 0 fully saturated rings. The van der Waals surface area contributed by atoms with Crippen molar-refractivity contribution in [3.8, 4) is 11.3 Å². The quantitative estimate of drug-likeness (QED) is 0.771. The van der Waals surface area contributed by atoms with Crippen LogP contribution >= 0.6 is 0 Å². The van der Waals surface area contributed by atoms with E-state index in [4.69, 9.17) is 0 Å². The van der Waals surface area contributed by atoms with Gasteiger partial charge >= 0.3 is 6.03 Å². The van der Waals surface area contributed by atoms with Gasteiger partial charge in [-0.15, -0.1) is 0 Å². The Hall–Kier alpha value is -3.08. The highest BCUT2D eigenvalue weighted by atomic mass is 16.2. The Morgan fingerprint density at radius 1 is 1.20 bits per heavy atom. The topological polar surface area (TPSA) is 50.2 Å². The van der Waals surface area contributed by atoms with E-state index in [1.807, 2.05) is 59.1 Å². The minimum Gasteiger partial charge on any atom is -0.334 e. The smallest absolute Gasteiger partial charge is 0.326 e. The molecule has 5 nitrogen and oxygen atoms in total. The molecule has 2 amide bonds. The molecule has 5 heteroatoms. The third kappa shape index (κ3) is 2.78. The van der Waals surface area contributed by atoms with Crippen molar-refractivity contribution in [3.63, 3.8) is 0 Å². The number of imidazole rings is 1. The van der Waals surface area contributed by atoms with Crippen LogP contribution in [-0.4, -0.2) is 22.1 Å². The summed E-state index contributed by atoms with van der Waals surface area (Å²) < 4.78 is 1.96. The van der Waals surface area contributed by atoms with Gasteiger partial charge in [0.25, 0.3) is 0 Å². The molecule has 0 radical (unpaired) electrons. The maximum atomic E-state index is 12.8. The van der Waals surface area contributed by atoms with Gasteiger partial charge in [-0.25, -0.2) is 9.78 Å². The maximum absolute atomic E-state index is 12.8. The molecular weight excluding hydrogens is 312 g/mol. The first-order chi connectivity index (χ1) is 12.1. The third-order valence-corrected chi connectivity index (χ3v) is 4.73. The van der Waals surface area contributed by atoms with Crippen molar-refractivity contribution in [2.45, 2.75) is 13.3 Å². The highest BCUT2D eigenvalue weighted by molar-refractivity contribution is 6.03. The number of benzene rings is 2. The second kappa shape index (κ2) is 6.09. The number of hydrogen-bond donors (Lipinski definition) is 1. The molecule has 0 spiro atoms. The lowest BCUT2D eigenvalue weighted by Crippen LogP contribution is -2.33. The number of urea groups is 1. The number of anilines is 2. The summed E-state index contributed by atoms with van der Waals surface area (Å²) in [5.41, 5.74) is 6.34. The number of hydrogen-bond acceptors (Lipinski definition) is 2. The van der Waals surface area contributed by atoms with Crippen molar-refractivity contribution in [2.75, 3.05) is 16.8 Å². The van der Waals surface area contributed by atoms with E-state index in [2.05, 4.69) is 23.3 Å². The van der Waals surface area contributed by atoms with E-state index in [9.17, 15) is 4.79 Å². The van der Waals surface area contributed by atoms with E-state index in [-0.39, 0.29) is 6.03 Å². The normalized spacial score (nSPS) is 13.0. The molecule has 0 saturated carbocycles. The zero-order valence-electron chi connectivity index (χ0n) is 14.4. The van der Waals surface area contributed by atoms with Crippen LogP contribution in [0.5, 0.6) is 0 Å². The molecular formula is C20H20N4O. The fourth-order valence-corrected chi connectivity index (χ4v) is 3.40. The van der Waals surface area contributed by atoms with E-state index < -0.39 is 0 Å². The number of nitrogens with zero attached hydrogens (tertiary/aromatic N) is 3. The van der Waals surface area contributed by atoms with Gasteiger partial charge < -0.3 is 9.88 Å². The molecule has 1 aliphatic rings. The van der Waals surface area contributed by atoms with Crippen LogP contribution in [0.15, 0.2) is 55.0 Å². The maximum Gasteiger partial charge on any atom is 0.326 e. The molecule has 0 atom stereocenters. The Morgan fingerprint density at radius 3 is 2.84 bits per heavy atom. The van der Waals surface area contributed by atoms with Crippen LogP contribution in [0.1, 0.15) is 11.1 Å². The Labute approximate surface area is 146 Å². The molecule has 0 bridgehead atoms. The molecule has 1 aromatic heterocycles. The first-order valence-corrected chi connectivity index (χ1v) is 8.37. The Bertz CT molecular complexity index is 944. The summed E-state index contributed by atoms with van der Waals surface area (Å²) in [7, 11) is 1.96. The number of aromatic nitrogens is 2. The number of carbonyl (C=O) groups is 1. The van der Waals surface area contributed by atoms with Crippen LogP contribution in [0, 0.1) is 6.92 Å². The molecule has 1 N–H and O–H groups in total. The lowest BCUT2D eigenvalue weighted by molar-refractivity contribution is 0.257. The molecule has 2 heterocycles. The van der Waals surface area contributed by atoms with Crippen LogP contribution in [0.2, 0.25) is 0 Å². The molecule has 0 saturated heterocycles. The molecule has 3 aromatic rings. The second-order valence-electron chi connectivity index (χ2n) is 6.37. The predicted molar refractivity (Wildman–Crippen MR) is 99.9 cm³/mol. The lowest BCUT2D eigenvalue weighted by atomic mass is 10.1. The Balaban J connectivity index is 1.57. The van der Waals surface area contributed by atoms with Crippen molar-refractivity contribution in [1.82, 2.24) is 9.55 Å². The van der Waals surface area contributed by atoms with E-state index >= 15 is 0 Å². The number of aryl methyl sites for hydroxylation is 2. The number of amides is 2. The molecule has 0 aliphatic carbocycles. The minimum atomic E-state index is -0.0912. The highest BCUT2D eigenvalue weighted by Crippen LogP contribution is 2.31. The lowest BCUT2D eigenvalue weighted by Gasteiger charge is -2.18. The minimum absolute atomic E-state index is 0.0912. The third-order valence-electron chi connectivity index (χ3n) is 4.73. The zero-order chi connectivity index (χ0) is 17.4. The fourth-order valence-electron chi connectivity index (χ4n) is 3.40. The van der Waals surface area contributed by atoms with Crippen molar-refractivity contribution >= 4 is 17.4 Å². The summed E-state index contributed by atoms with van der Waals surface area (Å²) >= 11 is 0. The first kappa shape index (κ1) is 15.4. The average molecular weight is 332 g/mol. The van der Waals surface area contributed by atoms with Gasteiger partial charge in [0.05, 0.1) is 18.2 Å². The van der Waals surface area contributed by atoms with Crippen molar-refractivity contribution < 1.29 is 4.79 Å². The molecule has 0 unspecified atom stereocenters. The van der Waals surface area contributed by atoms with E-state index in [0.29, 0.717) is 6.54 Å². The molecule has 4 rings (SSSR count). The Kier molecular flexibility index (Phi) is 3.76. The standard InChI is InChI=1S/C20H20N4O/c1-14-5-3-8-18-17(14)9-10-24(18)20(25)22-16-7-4-6-15(11-16)19-12-21-13-23(19)2/h3-8,11-13H,9-10H2,1-2H3,(H,22,25). The number of fused-ring (bicyclic) bond motifs is 1. The van der Waals surface area contributed by atoms with Gasteiger partial charge in [0.1, 0.15) is 0 Å². The summed E-state index contributed by atoms with van der Waals surface area (Å²) in [4.78, 5) is 18.7. The van der Waals surface area contributed by atoms with Crippen molar-refractivity contribution in [3.05, 3.63) is 66.1 Å². The number of carbonyl (C=O) groups excluding carboxylic acids is 1. The van der Waals surface area contributed by atoms with Crippen LogP contribution < -0.4 is 10.2 Å². The van der Waals surface area contributed by atoms with Crippen molar-refractivity contribution in [1.29, 1.82) is 0 Å². The molecule has 1 aliphatic heterocycles. The van der Waals surface area contributed by atoms with E-state index in [0.717, 1.165) is 29.1 Å². The summed E-state index contributed by atoms with van der Waals surface area (Å²) in [5.74, 6) is 0. The number of rotatable bonds is 2. The fraction of sp³-hybridized carbons (Fsp3) is 0.200. The van der Waals surface area contributed by atoms with Gasteiger partial charge in [0.2, 0.25) is 0 Å². The monoisotopic (exact) mass is 332 g/mol. The summed E-state index contributed by atoms with van der Waals surface area (Å²) in [5, 5.41) is 3.02. The van der Waals surface area contributed by atoms with Crippen LogP contribution in [0.25, 0.3) is 11.3 Å². The molecule has 126 valence electrons. The van der Waals surface area contributed by atoms with Gasteiger partial charge in [-0.05, 0) is 42.7 Å². The second-order valence-corrected chi connectivity index (χ2v) is 6.37. The summed E-state index contributed by atoms with van der Waals surface area (Å²) in [6.45, 7) is 2.81.